The molecule has 1 aliphatic carbocycles. The molecule has 1 heterocycles. The highest BCUT2D eigenvalue weighted by Crippen LogP contribution is 2.64. The SMILES string of the molecule is Cc1nn(C(C)C)c(C)c1C1C(CN)C1(C)C. The first-order valence-electron chi connectivity index (χ1n) is 6.58. The van der Waals surface area contributed by atoms with E-state index in [4.69, 9.17) is 5.73 Å². The van der Waals surface area contributed by atoms with E-state index in [0.29, 0.717) is 23.3 Å². The molecule has 0 aromatic carbocycles. The standard InChI is InChI=1S/C14H25N3/c1-8(2)17-10(4)12(9(3)16-17)13-11(7-15)14(13,5)6/h8,11,13H,7,15H2,1-6H3. The Morgan fingerprint density at radius 3 is 2.29 bits per heavy atom. The van der Waals surface area contributed by atoms with Gasteiger partial charge in [0.15, 0.2) is 0 Å². The molecule has 1 fully saturated rings. The van der Waals surface area contributed by atoms with Crippen LogP contribution in [0.3, 0.4) is 0 Å². The summed E-state index contributed by atoms with van der Waals surface area (Å²) in [6.07, 6.45) is 0. The zero-order valence-electron chi connectivity index (χ0n) is 11.9. The summed E-state index contributed by atoms with van der Waals surface area (Å²) in [7, 11) is 0. The van der Waals surface area contributed by atoms with Crippen molar-refractivity contribution in [1.29, 1.82) is 0 Å². The van der Waals surface area contributed by atoms with Gasteiger partial charge >= 0.3 is 0 Å². The number of aryl methyl sites for hydroxylation is 1. The monoisotopic (exact) mass is 235 g/mol. The first kappa shape index (κ1) is 12.6. The average molecular weight is 235 g/mol. The van der Waals surface area contributed by atoms with Gasteiger partial charge in [0.1, 0.15) is 0 Å². The summed E-state index contributed by atoms with van der Waals surface area (Å²) >= 11 is 0. The van der Waals surface area contributed by atoms with Crippen molar-refractivity contribution >= 4 is 0 Å². The Labute approximate surface area is 104 Å². The van der Waals surface area contributed by atoms with Crippen LogP contribution >= 0.6 is 0 Å². The summed E-state index contributed by atoms with van der Waals surface area (Å²) in [6, 6.07) is 0.431. The third kappa shape index (κ3) is 1.71. The van der Waals surface area contributed by atoms with Gasteiger partial charge < -0.3 is 5.73 Å². The van der Waals surface area contributed by atoms with Crippen LogP contribution in [0.25, 0.3) is 0 Å². The molecule has 2 unspecified atom stereocenters. The van der Waals surface area contributed by atoms with Crippen LogP contribution in [0.1, 0.15) is 56.6 Å². The summed E-state index contributed by atoms with van der Waals surface area (Å²) in [4.78, 5) is 0. The quantitative estimate of drug-likeness (QED) is 0.875. The Kier molecular flexibility index (Phi) is 2.85. The number of hydrogen-bond donors (Lipinski definition) is 1. The van der Waals surface area contributed by atoms with Crippen LogP contribution in [-0.4, -0.2) is 16.3 Å². The highest BCUT2D eigenvalue weighted by atomic mass is 15.3. The van der Waals surface area contributed by atoms with Gasteiger partial charge in [-0.05, 0) is 57.1 Å². The van der Waals surface area contributed by atoms with Gasteiger partial charge in [-0.3, -0.25) is 4.68 Å². The van der Waals surface area contributed by atoms with Gasteiger partial charge in [0, 0.05) is 11.7 Å². The maximum Gasteiger partial charge on any atom is 0.0631 e. The van der Waals surface area contributed by atoms with E-state index < -0.39 is 0 Å². The molecule has 3 heteroatoms. The molecule has 2 rings (SSSR count). The molecule has 0 radical (unpaired) electrons. The highest BCUT2D eigenvalue weighted by molar-refractivity contribution is 5.38. The lowest BCUT2D eigenvalue weighted by atomic mass is 10.0. The number of nitrogens with two attached hydrogens (primary N) is 1. The maximum atomic E-state index is 5.88. The number of rotatable bonds is 3. The zero-order valence-corrected chi connectivity index (χ0v) is 11.9. The van der Waals surface area contributed by atoms with Crippen LogP contribution < -0.4 is 5.73 Å². The van der Waals surface area contributed by atoms with E-state index in [-0.39, 0.29) is 0 Å². The van der Waals surface area contributed by atoms with Crippen molar-refractivity contribution < 1.29 is 0 Å². The minimum atomic E-state index is 0.342. The molecular formula is C14H25N3. The lowest BCUT2D eigenvalue weighted by Gasteiger charge is -2.09. The second-order valence-electron chi connectivity index (χ2n) is 6.26. The first-order valence-corrected chi connectivity index (χ1v) is 6.58. The molecular weight excluding hydrogens is 210 g/mol. The average Bonchev–Trinajstić information content (AvgIpc) is 2.62. The van der Waals surface area contributed by atoms with Crippen LogP contribution in [0.15, 0.2) is 0 Å². The molecule has 0 spiro atoms. The smallest absolute Gasteiger partial charge is 0.0631 e. The Hall–Kier alpha value is -0.830. The summed E-state index contributed by atoms with van der Waals surface area (Å²) in [5, 5.41) is 4.68. The van der Waals surface area contributed by atoms with Crippen molar-refractivity contribution in [3.8, 4) is 0 Å². The van der Waals surface area contributed by atoms with Gasteiger partial charge in [0.2, 0.25) is 0 Å². The molecule has 1 aromatic heterocycles. The third-order valence-electron chi connectivity index (χ3n) is 4.49. The summed E-state index contributed by atoms with van der Waals surface area (Å²) in [5.41, 5.74) is 10.2. The van der Waals surface area contributed by atoms with Gasteiger partial charge in [-0.1, -0.05) is 13.8 Å². The van der Waals surface area contributed by atoms with E-state index in [1.54, 1.807) is 0 Å². The molecule has 96 valence electrons. The van der Waals surface area contributed by atoms with E-state index in [2.05, 4.69) is 51.3 Å². The minimum Gasteiger partial charge on any atom is -0.330 e. The molecule has 0 amide bonds. The van der Waals surface area contributed by atoms with Crippen LogP contribution in [0.4, 0.5) is 0 Å². The second-order valence-corrected chi connectivity index (χ2v) is 6.26. The molecule has 0 saturated heterocycles. The second kappa shape index (κ2) is 3.84. The molecule has 1 saturated carbocycles. The normalized spacial score (nSPS) is 26.6. The summed E-state index contributed by atoms with van der Waals surface area (Å²) < 4.78 is 2.15. The van der Waals surface area contributed by atoms with Gasteiger partial charge in [-0.15, -0.1) is 0 Å². The van der Waals surface area contributed by atoms with E-state index in [1.165, 1.54) is 17.0 Å². The molecule has 1 aliphatic rings. The van der Waals surface area contributed by atoms with E-state index in [9.17, 15) is 0 Å². The van der Waals surface area contributed by atoms with Gasteiger partial charge in [-0.2, -0.15) is 5.10 Å². The fourth-order valence-electron chi connectivity index (χ4n) is 3.39. The van der Waals surface area contributed by atoms with E-state index in [0.717, 1.165) is 6.54 Å². The molecule has 2 atom stereocenters. The third-order valence-corrected chi connectivity index (χ3v) is 4.49. The molecule has 0 aliphatic heterocycles. The van der Waals surface area contributed by atoms with Crippen LogP contribution in [-0.2, 0) is 0 Å². The van der Waals surface area contributed by atoms with Crippen molar-refractivity contribution in [2.45, 2.75) is 53.5 Å². The molecule has 0 bridgehead atoms. The zero-order chi connectivity index (χ0) is 13.0. The lowest BCUT2D eigenvalue weighted by molar-refractivity contribution is 0.515. The largest absolute Gasteiger partial charge is 0.330 e. The van der Waals surface area contributed by atoms with Crippen molar-refractivity contribution in [1.82, 2.24) is 9.78 Å². The van der Waals surface area contributed by atoms with Gasteiger partial charge in [0.25, 0.3) is 0 Å². The fraction of sp³-hybridized carbons (Fsp3) is 0.786. The van der Waals surface area contributed by atoms with Gasteiger partial charge in [0.05, 0.1) is 5.69 Å². The Bertz CT molecular complexity index is 429. The van der Waals surface area contributed by atoms with Crippen molar-refractivity contribution in [3.05, 3.63) is 17.0 Å². The lowest BCUT2D eigenvalue weighted by Crippen LogP contribution is -2.06. The number of nitrogens with zero attached hydrogens (tertiary/aromatic N) is 2. The predicted molar refractivity (Wildman–Crippen MR) is 71.2 cm³/mol. The molecule has 2 N–H and O–H groups in total. The Balaban J connectivity index is 2.42. The molecule has 1 aromatic rings. The van der Waals surface area contributed by atoms with Crippen molar-refractivity contribution in [3.63, 3.8) is 0 Å². The Morgan fingerprint density at radius 1 is 1.35 bits per heavy atom. The van der Waals surface area contributed by atoms with Crippen LogP contribution in [0.5, 0.6) is 0 Å². The number of hydrogen-bond acceptors (Lipinski definition) is 2. The molecule has 17 heavy (non-hydrogen) atoms. The summed E-state index contributed by atoms with van der Waals surface area (Å²) in [5.74, 6) is 1.21. The topological polar surface area (TPSA) is 43.8 Å². The van der Waals surface area contributed by atoms with Gasteiger partial charge in [-0.25, -0.2) is 0 Å². The molecule has 3 nitrogen and oxygen atoms in total. The van der Waals surface area contributed by atoms with Crippen molar-refractivity contribution in [2.75, 3.05) is 6.54 Å². The van der Waals surface area contributed by atoms with Crippen LogP contribution in [0, 0.1) is 25.2 Å². The van der Waals surface area contributed by atoms with Crippen LogP contribution in [0.2, 0.25) is 0 Å². The highest BCUT2D eigenvalue weighted by Gasteiger charge is 2.58. The number of aromatic nitrogens is 2. The van der Waals surface area contributed by atoms with Crippen molar-refractivity contribution in [2.24, 2.45) is 17.1 Å². The Morgan fingerprint density at radius 2 is 1.94 bits per heavy atom. The maximum absolute atomic E-state index is 5.88. The predicted octanol–water partition coefficient (Wildman–Crippen LogP) is 2.78. The van der Waals surface area contributed by atoms with E-state index in [1.807, 2.05) is 0 Å². The summed E-state index contributed by atoms with van der Waals surface area (Å²) in [6.45, 7) is 14.1. The first-order chi connectivity index (χ1) is 7.82. The minimum absolute atomic E-state index is 0.342. The van der Waals surface area contributed by atoms with E-state index >= 15 is 0 Å². The fourth-order valence-corrected chi connectivity index (χ4v) is 3.39.